The number of aromatic nitrogens is 3. The van der Waals surface area contributed by atoms with Crippen LogP contribution in [0.15, 0.2) is 36.5 Å². The third-order valence-electron chi connectivity index (χ3n) is 4.54. The summed E-state index contributed by atoms with van der Waals surface area (Å²) in [5.74, 6) is 0. The van der Waals surface area contributed by atoms with Crippen molar-refractivity contribution in [3.8, 4) is 0 Å². The minimum absolute atomic E-state index is 0.0971. The van der Waals surface area contributed by atoms with Crippen molar-refractivity contribution in [2.45, 2.75) is 44.1 Å². The molecular weight excluding hydrogens is 260 g/mol. The molecule has 0 bridgehead atoms. The highest BCUT2D eigenvalue weighted by molar-refractivity contribution is 5.28. The Kier molecular flexibility index (Phi) is 4.06. The smallest absolute Gasteiger partial charge is 0.0836 e. The second-order valence-electron chi connectivity index (χ2n) is 6.22. The van der Waals surface area contributed by atoms with E-state index in [0.717, 1.165) is 31.1 Å². The molecule has 1 unspecified atom stereocenters. The first-order chi connectivity index (χ1) is 10.2. The molecule has 4 nitrogen and oxygen atoms in total. The highest BCUT2D eigenvalue weighted by atomic mass is 15.4. The average Bonchev–Trinajstić information content (AvgIpc) is 3.26. The fraction of sp³-hybridized carbons (Fsp3) is 0.529. The van der Waals surface area contributed by atoms with Gasteiger partial charge in [0.2, 0.25) is 0 Å². The van der Waals surface area contributed by atoms with E-state index >= 15 is 0 Å². The van der Waals surface area contributed by atoms with Gasteiger partial charge in [0.15, 0.2) is 0 Å². The highest BCUT2D eigenvalue weighted by Crippen LogP contribution is 2.32. The van der Waals surface area contributed by atoms with Gasteiger partial charge in [-0.1, -0.05) is 42.5 Å². The molecule has 1 atom stereocenters. The van der Waals surface area contributed by atoms with Crippen molar-refractivity contribution < 1.29 is 0 Å². The van der Waals surface area contributed by atoms with Crippen LogP contribution in [-0.4, -0.2) is 27.6 Å². The SMILES string of the molecule is CCC(CNC1CC1)(Cc1cn(C)nn1)c1ccccc1. The van der Waals surface area contributed by atoms with Crippen LogP contribution in [0.4, 0.5) is 0 Å². The maximum absolute atomic E-state index is 4.30. The predicted molar refractivity (Wildman–Crippen MR) is 84.1 cm³/mol. The normalized spacial score (nSPS) is 17.6. The molecule has 1 saturated carbocycles. The Hall–Kier alpha value is -1.68. The number of benzene rings is 1. The second-order valence-corrected chi connectivity index (χ2v) is 6.22. The van der Waals surface area contributed by atoms with Gasteiger partial charge in [0, 0.05) is 37.7 Å². The van der Waals surface area contributed by atoms with E-state index in [1.807, 2.05) is 13.2 Å². The van der Waals surface area contributed by atoms with Crippen molar-refractivity contribution in [3.63, 3.8) is 0 Å². The van der Waals surface area contributed by atoms with Crippen molar-refractivity contribution >= 4 is 0 Å². The van der Waals surface area contributed by atoms with Crippen LogP contribution >= 0.6 is 0 Å². The summed E-state index contributed by atoms with van der Waals surface area (Å²) in [5.41, 5.74) is 2.56. The molecule has 0 radical (unpaired) electrons. The van der Waals surface area contributed by atoms with E-state index in [2.05, 4.69) is 52.9 Å². The van der Waals surface area contributed by atoms with Crippen LogP contribution in [-0.2, 0) is 18.9 Å². The molecule has 1 aliphatic carbocycles. The van der Waals surface area contributed by atoms with E-state index in [-0.39, 0.29) is 5.41 Å². The maximum Gasteiger partial charge on any atom is 0.0836 e. The Morgan fingerprint density at radius 1 is 1.29 bits per heavy atom. The monoisotopic (exact) mass is 284 g/mol. The first-order valence-corrected chi connectivity index (χ1v) is 7.86. The summed E-state index contributed by atoms with van der Waals surface area (Å²) < 4.78 is 1.79. The van der Waals surface area contributed by atoms with E-state index in [1.54, 1.807) is 4.68 Å². The Bertz CT molecular complexity index is 573. The van der Waals surface area contributed by atoms with Gasteiger partial charge in [-0.25, -0.2) is 0 Å². The van der Waals surface area contributed by atoms with Crippen LogP contribution in [0.5, 0.6) is 0 Å². The fourth-order valence-electron chi connectivity index (χ4n) is 2.96. The molecule has 1 heterocycles. The number of nitrogens with zero attached hydrogens (tertiary/aromatic N) is 3. The van der Waals surface area contributed by atoms with E-state index in [0.29, 0.717) is 0 Å². The quantitative estimate of drug-likeness (QED) is 0.849. The molecule has 0 spiro atoms. The molecule has 0 saturated heterocycles. The third-order valence-corrected chi connectivity index (χ3v) is 4.54. The van der Waals surface area contributed by atoms with E-state index < -0.39 is 0 Å². The van der Waals surface area contributed by atoms with Crippen molar-refractivity contribution in [1.29, 1.82) is 0 Å². The zero-order chi connectivity index (χ0) is 14.7. The fourth-order valence-corrected chi connectivity index (χ4v) is 2.96. The summed E-state index contributed by atoms with van der Waals surface area (Å²) in [7, 11) is 1.93. The largest absolute Gasteiger partial charge is 0.313 e. The van der Waals surface area contributed by atoms with Crippen LogP contribution in [0, 0.1) is 0 Å². The molecule has 4 heteroatoms. The molecule has 1 aromatic heterocycles. The first-order valence-electron chi connectivity index (χ1n) is 7.86. The maximum atomic E-state index is 4.30. The molecule has 1 N–H and O–H groups in total. The number of nitrogens with one attached hydrogen (secondary N) is 1. The predicted octanol–water partition coefficient (Wildman–Crippen LogP) is 2.46. The van der Waals surface area contributed by atoms with Crippen LogP contribution in [0.25, 0.3) is 0 Å². The molecule has 0 aliphatic heterocycles. The second kappa shape index (κ2) is 5.98. The summed E-state index contributed by atoms with van der Waals surface area (Å²) in [6.07, 6.45) is 6.69. The van der Waals surface area contributed by atoms with Gasteiger partial charge in [0.05, 0.1) is 5.69 Å². The van der Waals surface area contributed by atoms with Gasteiger partial charge in [-0.2, -0.15) is 0 Å². The summed E-state index contributed by atoms with van der Waals surface area (Å²) in [5, 5.41) is 12.1. The van der Waals surface area contributed by atoms with Gasteiger partial charge in [-0.3, -0.25) is 4.68 Å². The van der Waals surface area contributed by atoms with Gasteiger partial charge in [-0.15, -0.1) is 5.10 Å². The van der Waals surface area contributed by atoms with Crippen molar-refractivity contribution in [2.24, 2.45) is 7.05 Å². The molecule has 1 fully saturated rings. The molecule has 3 rings (SSSR count). The van der Waals surface area contributed by atoms with Gasteiger partial charge >= 0.3 is 0 Å². The topological polar surface area (TPSA) is 42.7 Å². The minimum atomic E-state index is 0.0971. The summed E-state index contributed by atoms with van der Waals surface area (Å²) in [6, 6.07) is 11.6. The molecule has 1 aromatic carbocycles. The number of rotatable bonds is 7. The molecule has 21 heavy (non-hydrogen) atoms. The standard InChI is InChI=1S/C17H24N4/c1-3-17(13-18-15-9-10-15,14-7-5-4-6-8-14)11-16-12-21(2)20-19-16/h4-8,12,15,18H,3,9-11,13H2,1-2H3. The Balaban J connectivity index is 1.87. The molecule has 2 aromatic rings. The van der Waals surface area contributed by atoms with E-state index in [9.17, 15) is 0 Å². The summed E-state index contributed by atoms with van der Waals surface area (Å²) >= 11 is 0. The van der Waals surface area contributed by atoms with Crippen molar-refractivity contribution in [1.82, 2.24) is 20.3 Å². The third kappa shape index (κ3) is 3.32. The Labute approximate surface area is 126 Å². The highest BCUT2D eigenvalue weighted by Gasteiger charge is 2.33. The summed E-state index contributed by atoms with van der Waals surface area (Å²) in [4.78, 5) is 0. The summed E-state index contributed by atoms with van der Waals surface area (Å²) in [6.45, 7) is 3.28. The lowest BCUT2D eigenvalue weighted by Gasteiger charge is -2.33. The van der Waals surface area contributed by atoms with E-state index in [1.165, 1.54) is 18.4 Å². The lowest BCUT2D eigenvalue weighted by molar-refractivity contribution is 0.373. The van der Waals surface area contributed by atoms with Gasteiger partial charge in [-0.05, 0) is 24.8 Å². The van der Waals surface area contributed by atoms with Gasteiger partial charge in [0.25, 0.3) is 0 Å². The Morgan fingerprint density at radius 3 is 2.62 bits per heavy atom. The van der Waals surface area contributed by atoms with Crippen molar-refractivity contribution in [3.05, 3.63) is 47.8 Å². The zero-order valence-corrected chi connectivity index (χ0v) is 12.9. The van der Waals surface area contributed by atoms with E-state index in [4.69, 9.17) is 0 Å². The number of hydrogen-bond acceptors (Lipinski definition) is 3. The van der Waals surface area contributed by atoms with Crippen molar-refractivity contribution in [2.75, 3.05) is 6.54 Å². The molecule has 1 aliphatic rings. The molecule has 112 valence electrons. The number of aryl methyl sites for hydroxylation is 1. The zero-order valence-electron chi connectivity index (χ0n) is 12.9. The van der Waals surface area contributed by atoms with Crippen LogP contribution in [0.3, 0.4) is 0 Å². The molecule has 0 amide bonds. The Morgan fingerprint density at radius 2 is 2.05 bits per heavy atom. The van der Waals surface area contributed by atoms with Crippen LogP contribution < -0.4 is 5.32 Å². The van der Waals surface area contributed by atoms with Crippen LogP contribution in [0.2, 0.25) is 0 Å². The molecular formula is C17H24N4. The van der Waals surface area contributed by atoms with Crippen LogP contribution in [0.1, 0.15) is 37.4 Å². The number of hydrogen-bond donors (Lipinski definition) is 1. The lowest BCUT2D eigenvalue weighted by Crippen LogP contribution is -2.40. The first kappa shape index (κ1) is 14.3. The lowest BCUT2D eigenvalue weighted by atomic mass is 9.74. The minimum Gasteiger partial charge on any atom is -0.313 e. The average molecular weight is 284 g/mol. The van der Waals surface area contributed by atoms with Gasteiger partial charge in [0.1, 0.15) is 0 Å². The van der Waals surface area contributed by atoms with Gasteiger partial charge < -0.3 is 5.32 Å².